The Hall–Kier alpha value is -1.79. The highest BCUT2D eigenvalue weighted by atomic mass is 16.4. The van der Waals surface area contributed by atoms with Crippen molar-refractivity contribution in [1.82, 2.24) is 10.6 Å². The minimum Gasteiger partial charge on any atom is -0.480 e. The Morgan fingerprint density at radius 1 is 1.16 bits per heavy atom. The minimum atomic E-state index is -1.30. The maximum Gasteiger partial charge on any atom is 0.326 e. The number of carbonyl (C=O) groups is 3. The number of hydrogen-bond acceptors (Lipinski definition) is 3. The van der Waals surface area contributed by atoms with Gasteiger partial charge in [-0.05, 0) is 12.8 Å². The first kappa shape index (κ1) is 17.2. The fourth-order valence-corrected chi connectivity index (χ4v) is 1.92. The molecule has 7 heteroatoms. The van der Waals surface area contributed by atoms with Gasteiger partial charge in [0.05, 0.1) is 6.42 Å². The van der Waals surface area contributed by atoms with E-state index in [4.69, 9.17) is 10.8 Å². The van der Waals surface area contributed by atoms with Gasteiger partial charge in [-0.3, -0.25) is 4.79 Å². The third-order valence-electron chi connectivity index (χ3n) is 3.12. The van der Waals surface area contributed by atoms with Gasteiger partial charge < -0.3 is 21.5 Å². The summed E-state index contributed by atoms with van der Waals surface area (Å²) in [5.41, 5.74) is 4.93. The summed E-state index contributed by atoms with van der Waals surface area (Å²) in [5.74, 6) is -1.74. The molecule has 0 aliphatic rings. The van der Waals surface area contributed by atoms with Crippen LogP contribution in [0.4, 0.5) is 4.79 Å². The fourth-order valence-electron chi connectivity index (χ4n) is 1.92. The number of nitrogens with one attached hydrogen (secondary N) is 2. The molecule has 0 aliphatic carbocycles. The van der Waals surface area contributed by atoms with Crippen molar-refractivity contribution in [3.05, 3.63) is 0 Å². The second-order valence-corrected chi connectivity index (χ2v) is 4.54. The smallest absolute Gasteiger partial charge is 0.326 e. The SMILES string of the molecule is CCC(CC)C(C)NC(=O)NC(CC(N)=O)C(=O)O. The second kappa shape index (κ2) is 8.34. The lowest BCUT2D eigenvalue weighted by molar-refractivity contribution is -0.140. The molecule has 7 nitrogen and oxygen atoms in total. The number of primary amides is 1. The Kier molecular flexibility index (Phi) is 7.55. The summed E-state index contributed by atoms with van der Waals surface area (Å²) in [7, 11) is 0. The van der Waals surface area contributed by atoms with Crippen molar-refractivity contribution in [3.8, 4) is 0 Å². The summed E-state index contributed by atoms with van der Waals surface area (Å²) in [6.45, 7) is 5.91. The van der Waals surface area contributed by atoms with Gasteiger partial charge in [0.2, 0.25) is 5.91 Å². The van der Waals surface area contributed by atoms with Gasteiger partial charge in [-0.1, -0.05) is 26.7 Å². The molecule has 0 saturated carbocycles. The quantitative estimate of drug-likeness (QED) is 0.512. The van der Waals surface area contributed by atoms with Crippen LogP contribution < -0.4 is 16.4 Å². The lowest BCUT2D eigenvalue weighted by atomic mass is 9.96. The number of carbonyl (C=O) groups excluding carboxylic acids is 2. The number of amides is 3. The Labute approximate surface area is 112 Å². The van der Waals surface area contributed by atoms with E-state index in [1.165, 1.54) is 0 Å². The van der Waals surface area contributed by atoms with Gasteiger partial charge in [0.15, 0.2) is 0 Å². The molecule has 0 heterocycles. The molecule has 2 atom stereocenters. The van der Waals surface area contributed by atoms with Crippen LogP contribution in [0.15, 0.2) is 0 Å². The van der Waals surface area contributed by atoms with E-state index in [0.717, 1.165) is 12.8 Å². The molecule has 0 aromatic heterocycles. The Bertz CT molecular complexity index is 329. The molecule has 3 amide bonds. The zero-order valence-electron chi connectivity index (χ0n) is 11.6. The van der Waals surface area contributed by atoms with Crippen LogP contribution >= 0.6 is 0 Å². The molecule has 0 bridgehead atoms. The summed E-state index contributed by atoms with van der Waals surface area (Å²) in [4.78, 5) is 33.2. The van der Waals surface area contributed by atoms with E-state index in [1.807, 2.05) is 20.8 Å². The number of urea groups is 1. The molecule has 0 spiro atoms. The Morgan fingerprint density at radius 3 is 2.05 bits per heavy atom. The normalized spacial score (nSPS) is 13.7. The summed E-state index contributed by atoms with van der Waals surface area (Å²) in [6, 6.07) is -1.97. The van der Waals surface area contributed by atoms with Crippen LogP contribution in [0.5, 0.6) is 0 Å². The van der Waals surface area contributed by atoms with Gasteiger partial charge in [0.25, 0.3) is 0 Å². The Morgan fingerprint density at radius 2 is 1.68 bits per heavy atom. The number of aliphatic carboxylic acids is 1. The molecule has 0 radical (unpaired) electrons. The van der Waals surface area contributed by atoms with Crippen molar-refractivity contribution >= 4 is 17.9 Å². The van der Waals surface area contributed by atoms with Crippen LogP contribution in [0.2, 0.25) is 0 Å². The predicted octanol–water partition coefficient (Wildman–Crippen LogP) is 0.439. The van der Waals surface area contributed by atoms with E-state index in [2.05, 4.69) is 10.6 Å². The van der Waals surface area contributed by atoms with Crippen molar-refractivity contribution < 1.29 is 19.5 Å². The monoisotopic (exact) mass is 273 g/mol. The fraction of sp³-hybridized carbons (Fsp3) is 0.750. The zero-order chi connectivity index (χ0) is 15.0. The van der Waals surface area contributed by atoms with Gasteiger partial charge in [-0.25, -0.2) is 9.59 Å². The topological polar surface area (TPSA) is 122 Å². The molecule has 0 aromatic carbocycles. The average Bonchev–Trinajstić information content (AvgIpc) is 2.28. The van der Waals surface area contributed by atoms with Gasteiger partial charge in [-0.2, -0.15) is 0 Å². The van der Waals surface area contributed by atoms with E-state index in [0.29, 0.717) is 5.92 Å². The second-order valence-electron chi connectivity index (χ2n) is 4.54. The lowest BCUT2D eigenvalue weighted by Gasteiger charge is -2.23. The van der Waals surface area contributed by atoms with Gasteiger partial charge in [0, 0.05) is 6.04 Å². The van der Waals surface area contributed by atoms with E-state index in [1.54, 1.807) is 0 Å². The molecule has 19 heavy (non-hydrogen) atoms. The average molecular weight is 273 g/mol. The lowest BCUT2D eigenvalue weighted by Crippen LogP contribution is -2.50. The first-order valence-electron chi connectivity index (χ1n) is 6.39. The molecule has 5 N–H and O–H groups in total. The van der Waals surface area contributed by atoms with Crippen molar-refractivity contribution in [3.63, 3.8) is 0 Å². The number of carboxylic acid groups (broad SMARTS) is 1. The molecule has 0 rings (SSSR count). The van der Waals surface area contributed by atoms with Crippen LogP contribution in [0, 0.1) is 5.92 Å². The first-order valence-corrected chi connectivity index (χ1v) is 6.39. The molecule has 0 fully saturated rings. The van der Waals surface area contributed by atoms with E-state index < -0.39 is 30.4 Å². The van der Waals surface area contributed by atoms with Gasteiger partial charge in [-0.15, -0.1) is 0 Å². The van der Waals surface area contributed by atoms with Crippen molar-refractivity contribution in [2.24, 2.45) is 11.7 Å². The van der Waals surface area contributed by atoms with E-state index in [-0.39, 0.29) is 6.04 Å². The van der Waals surface area contributed by atoms with Gasteiger partial charge in [0.1, 0.15) is 6.04 Å². The first-order chi connectivity index (χ1) is 8.81. The van der Waals surface area contributed by atoms with Crippen LogP contribution in [-0.2, 0) is 9.59 Å². The molecule has 0 aromatic rings. The molecule has 0 saturated heterocycles. The number of nitrogens with two attached hydrogens (primary N) is 1. The van der Waals surface area contributed by atoms with Crippen molar-refractivity contribution in [1.29, 1.82) is 0 Å². The highest BCUT2D eigenvalue weighted by Crippen LogP contribution is 2.12. The predicted molar refractivity (Wildman–Crippen MR) is 70.4 cm³/mol. The zero-order valence-corrected chi connectivity index (χ0v) is 11.6. The number of carboxylic acids is 1. The van der Waals surface area contributed by atoms with Crippen molar-refractivity contribution in [2.45, 2.75) is 52.1 Å². The van der Waals surface area contributed by atoms with Crippen LogP contribution in [0.25, 0.3) is 0 Å². The standard InChI is InChI=1S/C12H23N3O4/c1-4-8(5-2)7(3)14-12(19)15-9(11(17)18)6-10(13)16/h7-9H,4-6H2,1-3H3,(H2,13,16)(H,17,18)(H2,14,15,19). The minimum absolute atomic E-state index is 0.0713. The third kappa shape index (κ3) is 6.64. The molecule has 110 valence electrons. The highest BCUT2D eigenvalue weighted by molar-refractivity contribution is 5.87. The van der Waals surface area contributed by atoms with Crippen LogP contribution in [0.3, 0.4) is 0 Å². The third-order valence-corrected chi connectivity index (χ3v) is 3.12. The Balaban J connectivity index is 4.41. The maximum atomic E-state index is 11.6. The summed E-state index contributed by atoms with van der Waals surface area (Å²) in [5, 5.41) is 13.8. The summed E-state index contributed by atoms with van der Waals surface area (Å²) >= 11 is 0. The van der Waals surface area contributed by atoms with E-state index >= 15 is 0 Å². The van der Waals surface area contributed by atoms with Crippen LogP contribution in [-0.4, -0.2) is 35.1 Å². The largest absolute Gasteiger partial charge is 0.480 e. The van der Waals surface area contributed by atoms with Crippen molar-refractivity contribution in [2.75, 3.05) is 0 Å². The maximum absolute atomic E-state index is 11.6. The van der Waals surface area contributed by atoms with Gasteiger partial charge >= 0.3 is 12.0 Å². The molecular formula is C12H23N3O4. The molecule has 2 unspecified atom stereocenters. The van der Waals surface area contributed by atoms with Crippen LogP contribution in [0.1, 0.15) is 40.0 Å². The highest BCUT2D eigenvalue weighted by Gasteiger charge is 2.23. The summed E-state index contributed by atoms with van der Waals surface area (Å²) < 4.78 is 0. The number of hydrogen-bond donors (Lipinski definition) is 4. The van der Waals surface area contributed by atoms with E-state index in [9.17, 15) is 14.4 Å². The number of rotatable bonds is 8. The molecular weight excluding hydrogens is 250 g/mol. The molecule has 0 aliphatic heterocycles. The summed E-state index contributed by atoms with van der Waals surface area (Å²) in [6.07, 6.45) is 1.41.